The van der Waals surface area contributed by atoms with Gasteiger partial charge in [-0.1, -0.05) is 12.2 Å². The summed E-state index contributed by atoms with van der Waals surface area (Å²) in [6.07, 6.45) is 14.8. The Morgan fingerprint density at radius 3 is 2.00 bits per heavy atom. The van der Waals surface area contributed by atoms with Gasteiger partial charge in [-0.3, -0.25) is 4.79 Å². The van der Waals surface area contributed by atoms with Crippen LogP contribution in [0.5, 0.6) is 0 Å². The molecule has 19 heavy (non-hydrogen) atoms. The highest BCUT2D eigenvalue weighted by Gasteiger charge is 2.62. The monoisotopic (exact) mass is 260 g/mol. The van der Waals surface area contributed by atoms with Gasteiger partial charge in [0.05, 0.1) is 5.41 Å². The molecular weight excluding hydrogens is 236 g/mol. The van der Waals surface area contributed by atoms with Gasteiger partial charge in [0.25, 0.3) is 0 Å². The number of aliphatic carboxylic acids is 1. The molecule has 0 heterocycles. The van der Waals surface area contributed by atoms with Crippen LogP contribution >= 0.6 is 0 Å². The zero-order chi connectivity index (χ0) is 13.1. The molecule has 5 aliphatic carbocycles. The summed E-state index contributed by atoms with van der Waals surface area (Å²) in [4.78, 5) is 12.2. The summed E-state index contributed by atoms with van der Waals surface area (Å²) >= 11 is 0. The molecule has 1 N–H and O–H groups in total. The van der Waals surface area contributed by atoms with E-state index >= 15 is 0 Å². The number of hydrogen-bond donors (Lipinski definition) is 1. The molecule has 4 saturated carbocycles. The molecule has 4 fully saturated rings. The molecule has 1 unspecified atom stereocenters. The summed E-state index contributed by atoms with van der Waals surface area (Å²) < 4.78 is 0. The van der Waals surface area contributed by atoms with Gasteiger partial charge in [0, 0.05) is 0 Å². The van der Waals surface area contributed by atoms with Gasteiger partial charge < -0.3 is 5.11 Å². The maximum Gasteiger partial charge on any atom is 0.310 e. The molecule has 1 atom stereocenters. The van der Waals surface area contributed by atoms with Crippen molar-refractivity contribution in [2.45, 2.75) is 57.8 Å². The molecule has 0 aliphatic heterocycles. The topological polar surface area (TPSA) is 37.3 Å². The molecule has 0 amide bonds. The van der Waals surface area contributed by atoms with Crippen molar-refractivity contribution in [3.05, 3.63) is 12.2 Å². The fourth-order valence-corrected chi connectivity index (χ4v) is 6.43. The fraction of sp³-hybridized carbons (Fsp3) is 0.824. The Morgan fingerprint density at radius 2 is 1.58 bits per heavy atom. The fourth-order valence-electron chi connectivity index (χ4n) is 6.43. The summed E-state index contributed by atoms with van der Waals surface area (Å²) in [7, 11) is 0. The zero-order valence-corrected chi connectivity index (χ0v) is 11.6. The Labute approximate surface area is 115 Å². The van der Waals surface area contributed by atoms with E-state index < -0.39 is 11.4 Å². The van der Waals surface area contributed by atoms with Crippen molar-refractivity contribution in [1.82, 2.24) is 0 Å². The summed E-state index contributed by atoms with van der Waals surface area (Å²) in [5, 5.41) is 10.0. The van der Waals surface area contributed by atoms with Gasteiger partial charge >= 0.3 is 5.97 Å². The lowest BCUT2D eigenvalue weighted by atomic mass is 9.41. The Kier molecular flexibility index (Phi) is 2.44. The van der Waals surface area contributed by atoms with Gasteiger partial charge in [0.2, 0.25) is 0 Å². The Balaban J connectivity index is 1.76. The van der Waals surface area contributed by atoms with Crippen molar-refractivity contribution >= 4 is 5.97 Å². The van der Waals surface area contributed by atoms with Crippen molar-refractivity contribution in [3.63, 3.8) is 0 Å². The molecule has 5 rings (SSSR count). The molecule has 0 spiro atoms. The molecule has 2 nitrogen and oxygen atoms in total. The molecular formula is C17H24O2. The number of carbonyl (C=O) groups is 1. The summed E-state index contributed by atoms with van der Waals surface area (Å²) in [6.45, 7) is 0. The second-order valence-corrected chi connectivity index (χ2v) is 7.80. The van der Waals surface area contributed by atoms with Gasteiger partial charge in [-0.2, -0.15) is 0 Å². The van der Waals surface area contributed by atoms with Crippen molar-refractivity contribution in [3.8, 4) is 0 Å². The van der Waals surface area contributed by atoms with E-state index in [4.69, 9.17) is 0 Å². The largest absolute Gasteiger partial charge is 0.481 e. The first kappa shape index (κ1) is 12.0. The molecule has 0 radical (unpaired) electrons. The second-order valence-electron chi connectivity index (χ2n) is 7.80. The van der Waals surface area contributed by atoms with Crippen LogP contribution in [0.1, 0.15) is 57.8 Å². The summed E-state index contributed by atoms with van der Waals surface area (Å²) in [5.41, 5.74) is -0.296. The van der Waals surface area contributed by atoms with Crippen LogP contribution in [0.2, 0.25) is 0 Å². The van der Waals surface area contributed by atoms with Gasteiger partial charge in [-0.25, -0.2) is 0 Å². The smallest absolute Gasteiger partial charge is 0.310 e. The molecule has 5 aliphatic rings. The first-order valence-corrected chi connectivity index (χ1v) is 8.02. The normalized spacial score (nSPS) is 51.5. The third kappa shape index (κ3) is 1.52. The number of carboxylic acid groups (broad SMARTS) is 1. The Morgan fingerprint density at radius 1 is 1.00 bits per heavy atom. The predicted octanol–water partition coefficient (Wildman–Crippen LogP) is 4.01. The van der Waals surface area contributed by atoms with Crippen LogP contribution in [0, 0.1) is 28.6 Å². The summed E-state index contributed by atoms with van der Waals surface area (Å²) in [5.74, 6) is 2.02. The first-order chi connectivity index (χ1) is 9.14. The van der Waals surface area contributed by atoms with Crippen LogP contribution in [0.3, 0.4) is 0 Å². The van der Waals surface area contributed by atoms with Crippen LogP contribution in [0.4, 0.5) is 0 Å². The quantitative estimate of drug-likeness (QED) is 0.762. The lowest BCUT2D eigenvalue weighted by Crippen LogP contribution is -2.57. The maximum atomic E-state index is 12.2. The van der Waals surface area contributed by atoms with E-state index in [9.17, 15) is 9.90 Å². The van der Waals surface area contributed by atoms with Crippen molar-refractivity contribution in [2.24, 2.45) is 28.6 Å². The molecule has 0 aromatic rings. The predicted molar refractivity (Wildman–Crippen MR) is 73.7 cm³/mol. The third-order valence-corrected chi connectivity index (χ3v) is 6.83. The van der Waals surface area contributed by atoms with Crippen LogP contribution < -0.4 is 0 Å². The lowest BCUT2D eigenvalue weighted by Gasteiger charge is -2.63. The maximum absolute atomic E-state index is 12.2. The molecule has 0 saturated heterocycles. The number of carboxylic acids is 1. The molecule has 0 aromatic carbocycles. The van der Waals surface area contributed by atoms with Gasteiger partial charge in [0.1, 0.15) is 0 Å². The minimum atomic E-state index is -0.501. The minimum absolute atomic E-state index is 0.137. The molecule has 4 bridgehead atoms. The molecule has 2 heteroatoms. The molecule has 0 aromatic heterocycles. The number of rotatable bonds is 2. The average Bonchev–Trinajstić information content (AvgIpc) is 2.37. The average molecular weight is 260 g/mol. The first-order valence-electron chi connectivity index (χ1n) is 8.02. The number of allylic oxidation sites excluding steroid dienone is 2. The van der Waals surface area contributed by atoms with Crippen molar-refractivity contribution < 1.29 is 9.90 Å². The van der Waals surface area contributed by atoms with Crippen molar-refractivity contribution in [1.29, 1.82) is 0 Å². The second kappa shape index (κ2) is 3.86. The van der Waals surface area contributed by atoms with E-state index in [1.807, 2.05) is 0 Å². The molecule has 104 valence electrons. The summed E-state index contributed by atoms with van der Waals surface area (Å²) in [6, 6.07) is 0. The van der Waals surface area contributed by atoms with E-state index in [1.54, 1.807) is 0 Å². The highest BCUT2D eigenvalue weighted by atomic mass is 16.4. The minimum Gasteiger partial charge on any atom is -0.481 e. The Bertz CT molecular complexity index is 401. The van der Waals surface area contributed by atoms with E-state index in [0.29, 0.717) is 0 Å². The van der Waals surface area contributed by atoms with Crippen LogP contribution in [-0.4, -0.2) is 11.1 Å². The lowest BCUT2D eigenvalue weighted by molar-refractivity contribution is -0.181. The Hall–Kier alpha value is -0.790. The van der Waals surface area contributed by atoms with Gasteiger partial charge in [0.15, 0.2) is 0 Å². The van der Waals surface area contributed by atoms with Gasteiger partial charge in [-0.05, 0) is 81.0 Å². The van der Waals surface area contributed by atoms with E-state index in [1.165, 1.54) is 38.5 Å². The van der Waals surface area contributed by atoms with E-state index in [-0.39, 0.29) is 5.41 Å². The standard InChI is InChI=1S/C17H24O2/c18-15(19)17(4-2-1-3-5-17)16-9-12-6-13(10-16)8-14(7-12)11-16/h1-2,12-14H,3-11H2,(H,18,19). The van der Waals surface area contributed by atoms with Crippen LogP contribution in [0.15, 0.2) is 12.2 Å². The number of hydrogen-bond acceptors (Lipinski definition) is 1. The zero-order valence-electron chi connectivity index (χ0n) is 11.6. The van der Waals surface area contributed by atoms with Crippen LogP contribution in [-0.2, 0) is 4.79 Å². The van der Waals surface area contributed by atoms with E-state index in [0.717, 1.165) is 37.0 Å². The van der Waals surface area contributed by atoms with Gasteiger partial charge in [-0.15, -0.1) is 0 Å². The third-order valence-electron chi connectivity index (χ3n) is 6.83. The SMILES string of the molecule is O=C(O)C1(C23CC4CC(CC(C4)C2)C3)CC=CCC1. The highest BCUT2D eigenvalue weighted by molar-refractivity contribution is 5.76. The van der Waals surface area contributed by atoms with E-state index in [2.05, 4.69) is 12.2 Å². The van der Waals surface area contributed by atoms with Crippen molar-refractivity contribution in [2.75, 3.05) is 0 Å². The van der Waals surface area contributed by atoms with Crippen LogP contribution in [0.25, 0.3) is 0 Å². The highest BCUT2D eigenvalue weighted by Crippen LogP contribution is 2.68.